The van der Waals surface area contributed by atoms with E-state index in [1.54, 1.807) is 0 Å². The molecule has 0 unspecified atom stereocenters. The summed E-state index contributed by atoms with van der Waals surface area (Å²) in [5, 5.41) is 6.43. The number of amides is 2. The minimum Gasteiger partial charge on any atom is -0.337 e. The topological polar surface area (TPSA) is 53.5 Å². The summed E-state index contributed by atoms with van der Waals surface area (Å²) in [6.45, 7) is 4.61. The summed E-state index contributed by atoms with van der Waals surface area (Å²) in [6, 6.07) is -0.238. The number of nitrogens with zero attached hydrogens (tertiary/aromatic N) is 1. The molecule has 0 aliphatic heterocycles. The maximum atomic E-state index is 10.8. The minimum absolute atomic E-state index is 0.238. The Morgan fingerprint density at radius 3 is 2.83 bits per heavy atom. The van der Waals surface area contributed by atoms with Crippen LogP contribution in [-0.2, 0) is 0 Å². The highest BCUT2D eigenvalue weighted by molar-refractivity contribution is 5.76. The molecule has 0 spiro atoms. The summed E-state index contributed by atoms with van der Waals surface area (Å²) >= 11 is 0. The Labute approximate surface area is 72.4 Å². The predicted octanol–water partition coefficient (Wildman–Crippen LogP) is 1.09. The average Bonchev–Trinajstić information content (AvgIpc) is 2.69. The van der Waals surface area contributed by atoms with E-state index in [1.807, 2.05) is 13.1 Å². The SMILES string of the molecule is CCNC(=O)N/N=C/C1(C)CC1. The lowest BCUT2D eigenvalue weighted by Gasteiger charge is -2.00. The summed E-state index contributed by atoms with van der Waals surface area (Å²) in [4.78, 5) is 10.8. The Kier molecular flexibility index (Phi) is 2.68. The van der Waals surface area contributed by atoms with Crippen molar-refractivity contribution in [1.29, 1.82) is 0 Å². The van der Waals surface area contributed by atoms with Gasteiger partial charge >= 0.3 is 6.03 Å². The van der Waals surface area contributed by atoms with Gasteiger partial charge in [0.25, 0.3) is 0 Å². The van der Waals surface area contributed by atoms with E-state index in [4.69, 9.17) is 0 Å². The molecule has 0 aromatic rings. The molecule has 1 saturated carbocycles. The number of nitrogens with one attached hydrogen (secondary N) is 2. The number of hydrogen-bond donors (Lipinski definition) is 2. The van der Waals surface area contributed by atoms with Crippen molar-refractivity contribution < 1.29 is 4.79 Å². The van der Waals surface area contributed by atoms with Crippen molar-refractivity contribution in [3.63, 3.8) is 0 Å². The van der Waals surface area contributed by atoms with Gasteiger partial charge in [-0.05, 0) is 19.8 Å². The van der Waals surface area contributed by atoms with Crippen LogP contribution in [0.4, 0.5) is 4.79 Å². The number of carbonyl (C=O) groups is 1. The van der Waals surface area contributed by atoms with Gasteiger partial charge in [-0.1, -0.05) is 6.92 Å². The van der Waals surface area contributed by atoms with Gasteiger partial charge in [0.2, 0.25) is 0 Å². The quantitative estimate of drug-likeness (QED) is 0.482. The summed E-state index contributed by atoms with van der Waals surface area (Å²) in [6.07, 6.45) is 4.16. The van der Waals surface area contributed by atoms with E-state index < -0.39 is 0 Å². The van der Waals surface area contributed by atoms with E-state index in [9.17, 15) is 4.79 Å². The molecule has 2 N–H and O–H groups in total. The van der Waals surface area contributed by atoms with Crippen LogP contribution < -0.4 is 10.7 Å². The number of urea groups is 1. The Morgan fingerprint density at radius 2 is 2.33 bits per heavy atom. The Hall–Kier alpha value is -1.06. The van der Waals surface area contributed by atoms with Crippen LogP contribution in [0.5, 0.6) is 0 Å². The standard InChI is InChI=1S/C8H15N3O/c1-3-9-7(12)11-10-6-8(2)4-5-8/h6H,3-5H2,1-2H3,(H2,9,11,12)/b10-6+. The van der Waals surface area contributed by atoms with E-state index >= 15 is 0 Å². The van der Waals surface area contributed by atoms with Crippen molar-refractivity contribution in [2.45, 2.75) is 26.7 Å². The first kappa shape index (κ1) is 9.03. The predicted molar refractivity (Wildman–Crippen MR) is 48.0 cm³/mol. The summed E-state index contributed by atoms with van der Waals surface area (Å²) in [5.41, 5.74) is 2.65. The van der Waals surface area contributed by atoms with Gasteiger partial charge in [-0.15, -0.1) is 0 Å². The normalized spacial score (nSPS) is 19.2. The Bertz CT molecular complexity index is 196. The van der Waals surface area contributed by atoms with E-state index in [1.165, 1.54) is 12.8 Å². The lowest BCUT2D eigenvalue weighted by Crippen LogP contribution is -2.32. The second-order valence-corrected chi connectivity index (χ2v) is 3.38. The second kappa shape index (κ2) is 3.56. The molecule has 0 atom stereocenters. The van der Waals surface area contributed by atoms with Crippen molar-refractivity contribution in [3.05, 3.63) is 0 Å². The molecule has 1 rings (SSSR count). The first-order chi connectivity index (χ1) is 5.66. The van der Waals surface area contributed by atoms with Crippen molar-refractivity contribution in [2.75, 3.05) is 6.54 Å². The smallest absolute Gasteiger partial charge is 0.335 e. The van der Waals surface area contributed by atoms with Crippen LogP contribution in [0.15, 0.2) is 5.10 Å². The van der Waals surface area contributed by atoms with E-state index in [0.717, 1.165) is 0 Å². The molecule has 1 fully saturated rings. The van der Waals surface area contributed by atoms with E-state index in [-0.39, 0.29) is 11.4 Å². The molecular weight excluding hydrogens is 154 g/mol. The molecule has 1 aliphatic rings. The third-order valence-corrected chi connectivity index (χ3v) is 1.92. The average molecular weight is 169 g/mol. The fourth-order valence-electron chi connectivity index (χ4n) is 0.773. The lowest BCUT2D eigenvalue weighted by atomic mass is 10.2. The van der Waals surface area contributed by atoms with Gasteiger partial charge in [-0.2, -0.15) is 5.10 Å². The first-order valence-corrected chi connectivity index (χ1v) is 4.24. The van der Waals surface area contributed by atoms with Crippen LogP contribution in [-0.4, -0.2) is 18.8 Å². The van der Waals surface area contributed by atoms with Crippen molar-refractivity contribution in [1.82, 2.24) is 10.7 Å². The lowest BCUT2D eigenvalue weighted by molar-refractivity contribution is 0.242. The molecule has 0 aromatic heterocycles. The van der Waals surface area contributed by atoms with Gasteiger partial charge < -0.3 is 5.32 Å². The monoisotopic (exact) mass is 169 g/mol. The summed E-state index contributed by atoms with van der Waals surface area (Å²) in [5.74, 6) is 0. The fourth-order valence-corrected chi connectivity index (χ4v) is 0.773. The zero-order chi connectivity index (χ0) is 9.03. The van der Waals surface area contributed by atoms with Crippen LogP contribution in [0.2, 0.25) is 0 Å². The highest BCUT2D eigenvalue weighted by Crippen LogP contribution is 2.42. The van der Waals surface area contributed by atoms with Crippen LogP contribution >= 0.6 is 0 Å². The molecule has 0 radical (unpaired) electrons. The van der Waals surface area contributed by atoms with Crippen LogP contribution in [0, 0.1) is 5.41 Å². The highest BCUT2D eigenvalue weighted by atomic mass is 16.2. The Balaban J connectivity index is 2.16. The molecule has 0 bridgehead atoms. The number of hydrogen-bond acceptors (Lipinski definition) is 2. The van der Waals surface area contributed by atoms with Crippen LogP contribution in [0.3, 0.4) is 0 Å². The van der Waals surface area contributed by atoms with Gasteiger partial charge in [0.05, 0.1) is 0 Å². The van der Waals surface area contributed by atoms with E-state index in [0.29, 0.717) is 6.54 Å². The molecule has 0 aromatic carbocycles. The molecule has 2 amide bonds. The zero-order valence-electron chi connectivity index (χ0n) is 7.55. The maximum absolute atomic E-state index is 10.8. The minimum atomic E-state index is -0.238. The van der Waals surface area contributed by atoms with Crippen molar-refractivity contribution >= 4 is 12.2 Å². The van der Waals surface area contributed by atoms with Gasteiger partial charge in [-0.3, -0.25) is 0 Å². The molecule has 0 saturated heterocycles. The number of carbonyl (C=O) groups excluding carboxylic acids is 1. The van der Waals surface area contributed by atoms with Gasteiger partial charge in [0.15, 0.2) is 0 Å². The van der Waals surface area contributed by atoms with Gasteiger partial charge in [0, 0.05) is 18.2 Å². The van der Waals surface area contributed by atoms with Gasteiger partial charge in [-0.25, -0.2) is 10.2 Å². The number of hydrazone groups is 1. The summed E-state index contributed by atoms with van der Waals surface area (Å²) in [7, 11) is 0. The van der Waals surface area contributed by atoms with E-state index in [2.05, 4.69) is 22.8 Å². The number of rotatable bonds is 3. The third kappa shape index (κ3) is 2.90. The molecular formula is C8H15N3O. The van der Waals surface area contributed by atoms with Crippen LogP contribution in [0.1, 0.15) is 26.7 Å². The zero-order valence-corrected chi connectivity index (χ0v) is 7.55. The van der Waals surface area contributed by atoms with Crippen molar-refractivity contribution in [3.8, 4) is 0 Å². The first-order valence-electron chi connectivity index (χ1n) is 4.24. The molecule has 12 heavy (non-hydrogen) atoms. The molecule has 0 heterocycles. The van der Waals surface area contributed by atoms with Gasteiger partial charge in [0.1, 0.15) is 0 Å². The maximum Gasteiger partial charge on any atom is 0.335 e. The van der Waals surface area contributed by atoms with Crippen LogP contribution in [0.25, 0.3) is 0 Å². The second-order valence-electron chi connectivity index (χ2n) is 3.38. The molecule has 68 valence electrons. The fraction of sp³-hybridized carbons (Fsp3) is 0.750. The third-order valence-electron chi connectivity index (χ3n) is 1.92. The van der Waals surface area contributed by atoms with Crippen molar-refractivity contribution in [2.24, 2.45) is 10.5 Å². The Morgan fingerprint density at radius 1 is 1.67 bits per heavy atom. The molecule has 4 nitrogen and oxygen atoms in total. The molecule has 1 aliphatic carbocycles. The molecule has 4 heteroatoms. The highest BCUT2D eigenvalue weighted by Gasteiger charge is 2.35. The summed E-state index contributed by atoms with van der Waals surface area (Å²) < 4.78 is 0. The largest absolute Gasteiger partial charge is 0.337 e.